The Hall–Kier alpha value is -2.61. The van der Waals surface area contributed by atoms with Gasteiger partial charge in [-0.2, -0.15) is 0 Å². The van der Waals surface area contributed by atoms with Crippen LogP contribution in [0.1, 0.15) is 29.5 Å². The van der Waals surface area contributed by atoms with Gasteiger partial charge < -0.3 is 10.6 Å². The topological polar surface area (TPSA) is 73.5 Å². The van der Waals surface area contributed by atoms with E-state index in [9.17, 15) is 9.59 Å². The zero-order chi connectivity index (χ0) is 22.8. The largest absolute Gasteiger partial charge is 0.352 e. The number of benzene rings is 2. The first-order valence-corrected chi connectivity index (χ1v) is 12.6. The number of carbonyl (C=O) groups is 2. The summed E-state index contributed by atoms with van der Waals surface area (Å²) in [5.41, 5.74) is 4.64. The van der Waals surface area contributed by atoms with E-state index in [1.807, 2.05) is 30.3 Å². The van der Waals surface area contributed by atoms with Crippen LogP contribution in [0, 0.1) is 12.8 Å². The lowest BCUT2D eigenvalue weighted by molar-refractivity contribution is -0.129. The van der Waals surface area contributed by atoms with Crippen LogP contribution < -0.4 is 16.0 Å². The monoisotopic (exact) mass is 462 g/mol. The third-order valence-corrected chi connectivity index (χ3v) is 7.91. The molecule has 3 aliphatic heterocycles. The van der Waals surface area contributed by atoms with E-state index in [1.54, 1.807) is 11.8 Å². The van der Waals surface area contributed by atoms with Crippen molar-refractivity contribution in [3.63, 3.8) is 0 Å². The standard InChI is InChI=1S/C26H30N4O2S/c1-17-9-11-19(12-10-17)21-16-33-23-22(21)28-26(29-25(23)32)30-13-5-8-20(15-30)24(31)27-14-18-6-3-2-4-7-18/h2-4,6-7,9-12,16,20,22-23,26,28H,5,8,13-15H2,1H3,(H,27,31)(H,29,32). The Morgan fingerprint density at radius 3 is 2.73 bits per heavy atom. The maximum atomic E-state index is 12.9. The molecule has 0 saturated carbocycles. The SMILES string of the molecule is Cc1ccc(C2=CSC3C(=O)NC(N4CCCC(C(=O)NCc5ccccc5)C4)NC23)cc1. The molecule has 4 unspecified atom stereocenters. The number of likely N-dealkylation sites (tertiary alicyclic amines) is 1. The highest BCUT2D eigenvalue weighted by Crippen LogP contribution is 2.38. The average Bonchev–Trinajstić information content (AvgIpc) is 3.28. The van der Waals surface area contributed by atoms with Crippen LogP contribution in [-0.2, 0) is 16.1 Å². The van der Waals surface area contributed by atoms with Crippen LogP contribution in [0.2, 0.25) is 0 Å². The third kappa shape index (κ3) is 4.86. The molecule has 4 atom stereocenters. The summed E-state index contributed by atoms with van der Waals surface area (Å²) in [4.78, 5) is 28.0. The number of piperidine rings is 1. The van der Waals surface area contributed by atoms with E-state index in [2.05, 4.69) is 57.4 Å². The highest BCUT2D eigenvalue weighted by molar-refractivity contribution is 8.04. The number of hydrogen-bond acceptors (Lipinski definition) is 5. The number of thioether (sulfide) groups is 1. The molecule has 0 radical (unpaired) electrons. The smallest absolute Gasteiger partial charge is 0.237 e. The Labute approximate surface area is 199 Å². The fourth-order valence-corrected chi connectivity index (χ4v) is 6.01. The minimum Gasteiger partial charge on any atom is -0.352 e. The van der Waals surface area contributed by atoms with E-state index in [0.29, 0.717) is 13.1 Å². The second kappa shape index (κ2) is 9.71. The van der Waals surface area contributed by atoms with Gasteiger partial charge in [0.2, 0.25) is 11.8 Å². The fourth-order valence-electron chi connectivity index (χ4n) is 4.86. The molecule has 33 heavy (non-hydrogen) atoms. The molecule has 2 fully saturated rings. The minimum absolute atomic E-state index is 0.0382. The first-order chi connectivity index (χ1) is 16.1. The zero-order valence-corrected chi connectivity index (χ0v) is 19.6. The van der Waals surface area contributed by atoms with Crippen LogP contribution in [0.5, 0.6) is 0 Å². The summed E-state index contributed by atoms with van der Waals surface area (Å²) in [5.74, 6) is 0.0620. The lowest BCUT2D eigenvalue weighted by atomic mass is 9.94. The molecule has 0 spiro atoms. The molecule has 0 aromatic heterocycles. The fraction of sp³-hybridized carbons (Fsp3) is 0.385. The third-order valence-electron chi connectivity index (χ3n) is 6.74. The van der Waals surface area contributed by atoms with Crippen molar-refractivity contribution in [1.29, 1.82) is 0 Å². The molecule has 0 aliphatic carbocycles. The van der Waals surface area contributed by atoms with Gasteiger partial charge in [0.15, 0.2) is 0 Å². The van der Waals surface area contributed by atoms with Gasteiger partial charge in [-0.05, 0) is 41.9 Å². The molecule has 3 heterocycles. The van der Waals surface area contributed by atoms with Gasteiger partial charge in [0.1, 0.15) is 11.5 Å². The van der Waals surface area contributed by atoms with Crippen LogP contribution in [0.3, 0.4) is 0 Å². The maximum Gasteiger partial charge on any atom is 0.237 e. The predicted octanol–water partition coefficient (Wildman–Crippen LogP) is 2.85. The lowest BCUT2D eigenvalue weighted by Gasteiger charge is -2.43. The average molecular weight is 463 g/mol. The van der Waals surface area contributed by atoms with Crippen LogP contribution in [0.25, 0.3) is 5.57 Å². The van der Waals surface area contributed by atoms with Gasteiger partial charge in [0.05, 0.1) is 12.0 Å². The number of fused-ring (bicyclic) bond motifs is 1. The molecular formula is C26H30N4O2S. The van der Waals surface area contributed by atoms with E-state index >= 15 is 0 Å². The summed E-state index contributed by atoms with van der Waals surface area (Å²) in [6, 6.07) is 18.4. The summed E-state index contributed by atoms with van der Waals surface area (Å²) in [5, 5.41) is 11.9. The number of carbonyl (C=O) groups excluding carboxylic acids is 2. The number of amides is 2. The molecular weight excluding hydrogens is 432 g/mol. The molecule has 2 aromatic carbocycles. The second-order valence-corrected chi connectivity index (χ2v) is 10.1. The van der Waals surface area contributed by atoms with E-state index in [4.69, 9.17) is 0 Å². The van der Waals surface area contributed by atoms with Crippen molar-refractivity contribution < 1.29 is 9.59 Å². The summed E-state index contributed by atoms with van der Waals surface area (Å²) in [7, 11) is 0. The van der Waals surface area contributed by atoms with Crippen molar-refractivity contribution >= 4 is 29.1 Å². The molecule has 2 aromatic rings. The van der Waals surface area contributed by atoms with Gasteiger partial charge in [0.25, 0.3) is 0 Å². The Balaban J connectivity index is 1.23. The van der Waals surface area contributed by atoms with Gasteiger partial charge in [0, 0.05) is 19.6 Å². The minimum atomic E-state index is -0.268. The number of nitrogens with one attached hydrogen (secondary N) is 3. The molecule has 6 nitrogen and oxygen atoms in total. The van der Waals surface area contributed by atoms with Crippen LogP contribution in [-0.4, -0.2) is 47.4 Å². The van der Waals surface area contributed by atoms with E-state index in [-0.39, 0.29) is 35.3 Å². The molecule has 3 aliphatic rings. The summed E-state index contributed by atoms with van der Waals surface area (Å²) in [6.07, 6.45) is 1.53. The highest BCUT2D eigenvalue weighted by Gasteiger charge is 2.44. The van der Waals surface area contributed by atoms with E-state index in [0.717, 1.165) is 30.5 Å². The van der Waals surface area contributed by atoms with E-state index < -0.39 is 0 Å². The molecule has 2 saturated heterocycles. The van der Waals surface area contributed by atoms with Gasteiger partial charge in [-0.15, -0.1) is 11.8 Å². The molecule has 3 N–H and O–H groups in total. The zero-order valence-electron chi connectivity index (χ0n) is 18.8. The van der Waals surface area contributed by atoms with Crippen LogP contribution >= 0.6 is 11.8 Å². The van der Waals surface area contributed by atoms with Gasteiger partial charge in [-0.1, -0.05) is 60.2 Å². The molecule has 7 heteroatoms. The molecule has 5 rings (SSSR count). The van der Waals surface area contributed by atoms with Crippen molar-refractivity contribution in [2.45, 2.75) is 43.9 Å². The second-order valence-electron chi connectivity index (χ2n) is 9.09. The predicted molar refractivity (Wildman–Crippen MR) is 132 cm³/mol. The van der Waals surface area contributed by atoms with Gasteiger partial charge in [-0.25, -0.2) is 0 Å². The number of aryl methyl sites for hydroxylation is 1. The summed E-state index contributed by atoms with van der Waals surface area (Å²) in [6.45, 7) is 4.11. The Bertz CT molecular complexity index is 1040. The number of nitrogens with zero attached hydrogens (tertiary/aromatic N) is 1. The van der Waals surface area contributed by atoms with Crippen molar-refractivity contribution in [1.82, 2.24) is 20.9 Å². The highest BCUT2D eigenvalue weighted by atomic mass is 32.2. The van der Waals surface area contributed by atoms with E-state index in [1.165, 1.54) is 11.1 Å². The van der Waals surface area contributed by atoms with Crippen molar-refractivity contribution in [2.75, 3.05) is 13.1 Å². The Morgan fingerprint density at radius 1 is 1.15 bits per heavy atom. The maximum absolute atomic E-state index is 12.9. The summed E-state index contributed by atoms with van der Waals surface area (Å²) < 4.78 is 0. The molecule has 172 valence electrons. The van der Waals surface area contributed by atoms with Gasteiger partial charge >= 0.3 is 0 Å². The first kappa shape index (κ1) is 22.2. The van der Waals surface area contributed by atoms with Crippen molar-refractivity contribution in [2.24, 2.45) is 5.92 Å². The van der Waals surface area contributed by atoms with Gasteiger partial charge in [-0.3, -0.25) is 19.8 Å². The normalized spacial score (nSPS) is 27.4. The van der Waals surface area contributed by atoms with Crippen LogP contribution in [0.15, 0.2) is 60.0 Å². The molecule has 0 bridgehead atoms. The summed E-state index contributed by atoms with van der Waals surface area (Å²) >= 11 is 1.58. The molecule has 2 amide bonds. The number of hydrogen-bond donors (Lipinski definition) is 3. The first-order valence-electron chi connectivity index (χ1n) is 11.6. The lowest BCUT2D eigenvalue weighted by Crippen LogP contribution is -2.69. The van der Waals surface area contributed by atoms with Crippen molar-refractivity contribution in [3.8, 4) is 0 Å². The van der Waals surface area contributed by atoms with Crippen LogP contribution in [0.4, 0.5) is 0 Å². The quantitative estimate of drug-likeness (QED) is 0.637. The Morgan fingerprint density at radius 2 is 1.94 bits per heavy atom. The number of rotatable bonds is 5. The van der Waals surface area contributed by atoms with Crippen molar-refractivity contribution in [3.05, 3.63) is 76.7 Å². The Kier molecular flexibility index (Phi) is 6.53.